The van der Waals surface area contributed by atoms with E-state index >= 15 is 0 Å². The molecular formula is C23H20N6O2. The van der Waals surface area contributed by atoms with E-state index in [9.17, 15) is 9.59 Å². The number of rotatable bonds is 3. The highest BCUT2D eigenvalue weighted by Crippen LogP contribution is 2.20. The van der Waals surface area contributed by atoms with Crippen molar-refractivity contribution in [2.45, 2.75) is 27.2 Å². The molecule has 5 aromatic rings. The predicted octanol–water partition coefficient (Wildman–Crippen LogP) is 2.86. The molecular weight excluding hydrogens is 392 g/mol. The summed E-state index contributed by atoms with van der Waals surface area (Å²) in [5, 5.41) is 0.591. The molecule has 0 aliphatic carbocycles. The molecule has 5 rings (SSSR count). The Bertz CT molecular complexity index is 1590. The molecule has 8 nitrogen and oxygen atoms in total. The molecule has 0 amide bonds. The van der Waals surface area contributed by atoms with Gasteiger partial charge in [-0.25, -0.2) is 15.0 Å². The molecule has 0 bridgehead atoms. The number of imidazole rings is 1. The van der Waals surface area contributed by atoms with Gasteiger partial charge in [0.2, 0.25) is 0 Å². The van der Waals surface area contributed by atoms with Gasteiger partial charge in [-0.15, -0.1) is 0 Å². The SMILES string of the molecule is Cc1nc2nc(Cc3nc4cccc(C)c4c(=O)n3-c3ccccc3C)[nH]c2c(=O)[nH]1. The molecule has 0 radical (unpaired) electrons. The summed E-state index contributed by atoms with van der Waals surface area (Å²) < 4.78 is 1.64. The number of aromatic nitrogens is 6. The molecule has 0 aliphatic heterocycles. The highest BCUT2D eigenvalue weighted by Gasteiger charge is 2.18. The summed E-state index contributed by atoms with van der Waals surface area (Å²) in [7, 11) is 0. The average molecular weight is 412 g/mol. The lowest BCUT2D eigenvalue weighted by atomic mass is 10.1. The number of aromatic amines is 2. The van der Waals surface area contributed by atoms with Crippen LogP contribution in [0.15, 0.2) is 52.1 Å². The molecule has 2 N–H and O–H groups in total. The maximum atomic E-state index is 13.6. The Morgan fingerprint density at radius 3 is 2.45 bits per heavy atom. The zero-order chi connectivity index (χ0) is 21.7. The van der Waals surface area contributed by atoms with Gasteiger partial charge in [0.25, 0.3) is 11.1 Å². The second kappa shape index (κ2) is 7.02. The first-order valence-corrected chi connectivity index (χ1v) is 9.95. The van der Waals surface area contributed by atoms with Crippen molar-refractivity contribution in [1.29, 1.82) is 0 Å². The maximum absolute atomic E-state index is 13.6. The van der Waals surface area contributed by atoms with E-state index in [1.54, 1.807) is 11.5 Å². The highest BCUT2D eigenvalue weighted by atomic mass is 16.1. The van der Waals surface area contributed by atoms with Gasteiger partial charge in [0.05, 0.1) is 23.0 Å². The van der Waals surface area contributed by atoms with Crippen LogP contribution < -0.4 is 11.1 Å². The van der Waals surface area contributed by atoms with Crippen molar-refractivity contribution in [3.63, 3.8) is 0 Å². The first kappa shape index (κ1) is 18.9. The Hall–Kier alpha value is -4.07. The number of fused-ring (bicyclic) bond motifs is 2. The van der Waals surface area contributed by atoms with Gasteiger partial charge in [-0.2, -0.15) is 0 Å². The van der Waals surface area contributed by atoms with E-state index in [1.165, 1.54) is 0 Å². The summed E-state index contributed by atoms with van der Waals surface area (Å²) in [4.78, 5) is 45.1. The van der Waals surface area contributed by atoms with Crippen molar-refractivity contribution in [2.75, 3.05) is 0 Å². The third-order valence-corrected chi connectivity index (χ3v) is 5.39. The van der Waals surface area contributed by atoms with Gasteiger partial charge in [0.15, 0.2) is 11.2 Å². The fourth-order valence-corrected chi connectivity index (χ4v) is 3.92. The van der Waals surface area contributed by atoms with Gasteiger partial charge >= 0.3 is 0 Å². The lowest BCUT2D eigenvalue weighted by Gasteiger charge is -2.15. The lowest BCUT2D eigenvalue weighted by molar-refractivity contribution is 0.822. The van der Waals surface area contributed by atoms with Crippen LogP contribution in [0.5, 0.6) is 0 Å². The molecule has 154 valence electrons. The quantitative estimate of drug-likeness (QED) is 0.474. The summed E-state index contributed by atoms with van der Waals surface area (Å²) >= 11 is 0. The Morgan fingerprint density at radius 1 is 0.871 bits per heavy atom. The second-order valence-electron chi connectivity index (χ2n) is 7.63. The lowest BCUT2D eigenvalue weighted by Crippen LogP contribution is -2.25. The minimum Gasteiger partial charge on any atom is -0.336 e. The molecule has 0 unspecified atom stereocenters. The summed E-state index contributed by atoms with van der Waals surface area (Å²) in [6.45, 7) is 5.58. The molecule has 0 fully saturated rings. The van der Waals surface area contributed by atoms with Gasteiger partial charge in [-0.3, -0.25) is 14.2 Å². The van der Waals surface area contributed by atoms with Gasteiger partial charge in [0.1, 0.15) is 17.5 Å². The maximum Gasteiger partial charge on any atom is 0.276 e. The molecule has 0 spiro atoms. The fourth-order valence-electron chi connectivity index (χ4n) is 3.92. The van der Waals surface area contributed by atoms with Crippen LogP contribution in [0, 0.1) is 20.8 Å². The Balaban J connectivity index is 1.77. The molecule has 2 aromatic carbocycles. The highest BCUT2D eigenvalue weighted by molar-refractivity contribution is 5.81. The van der Waals surface area contributed by atoms with Crippen LogP contribution in [0.2, 0.25) is 0 Å². The van der Waals surface area contributed by atoms with Crippen molar-refractivity contribution >= 4 is 22.1 Å². The summed E-state index contributed by atoms with van der Waals surface area (Å²) in [6.07, 6.45) is 0.238. The number of hydrogen-bond donors (Lipinski definition) is 2. The van der Waals surface area contributed by atoms with E-state index in [0.717, 1.165) is 16.8 Å². The fraction of sp³-hybridized carbons (Fsp3) is 0.174. The Labute approximate surface area is 176 Å². The van der Waals surface area contributed by atoms with Crippen molar-refractivity contribution in [3.05, 3.63) is 91.8 Å². The van der Waals surface area contributed by atoms with Gasteiger partial charge in [-0.1, -0.05) is 30.3 Å². The Kier molecular flexibility index (Phi) is 4.28. The Morgan fingerprint density at radius 2 is 1.65 bits per heavy atom. The van der Waals surface area contributed by atoms with E-state index in [4.69, 9.17) is 4.98 Å². The van der Waals surface area contributed by atoms with Crippen LogP contribution in [0.3, 0.4) is 0 Å². The molecule has 0 saturated carbocycles. The zero-order valence-electron chi connectivity index (χ0n) is 17.4. The van der Waals surface area contributed by atoms with E-state index in [0.29, 0.717) is 39.5 Å². The van der Waals surface area contributed by atoms with Crippen LogP contribution >= 0.6 is 0 Å². The van der Waals surface area contributed by atoms with E-state index in [1.807, 2.05) is 56.3 Å². The zero-order valence-corrected chi connectivity index (χ0v) is 17.4. The number of nitrogens with one attached hydrogen (secondary N) is 2. The normalized spacial score (nSPS) is 11.5. The number of hydrogen-bond acceptors (Lipinski definition) is 5. The molecule has 8 heteroatoms. The summed E-state index contributed by atoms with van der Waals surface area (Å²) in [6, 6.07) is 13.3. The van der Waals surface area contributed by atoms with Crippen molar-refractivity contribution in [1.82, 2.24) is 29.5 Å². The summed E-state index contributed by atoms with van der Waals surface area (Å²) in [5.41, 5.74) is 3.48. The number of aryl methyl sites for hydroxylation is 3. The molecule has 31 heavy (non-hydrogen) atoms. The van der Waals surface area contributed by atoms with E-state index in [2.05, 4.69) is 19.9 Å². The topological polar surface area (TPSA) is 109 Å². The minimum atomic E-state index is -0.278. The molecule has 0 atom stereocenters. The molecule has 3 heterocycles. The van der Waals surface area contributed by atoms with Crippen LogP contribution in [-0.4, -0.2) is 29.5 Å². The van der Waals surface area contributed by atoms with Gasteiger partial charge < -0.3 is 9.97 Å². The minimum absolute atomic E-state index is 0.129. The summed E-state index contributed by atoms with van der Waals surface area (Å²) in [5.74, 6) is 1.54. The number of nitrogens with zero attached hydrogens (tertiary/aromatic N) is 4. The largest absolute Gasteiger partial charge is 0.336 e. The first-order valence-electron chi connectivity index (χ1n) is 9.95. The van der Waals surface area contributed by atoms with Crippen molar-refractivity contribution in [2.24, 2.45) is 0 Å². The monoisotopic (exact) mass is 412 g/mol. The van der Waals surface area contributed by atoms with Crippen LogP contribution in [0.25, 0.3) is 27.8 Å². The smallest absolute Gasteiger partial charge is 0.276 e. The predicted molar refractivity (Wildman–Crippen MR) is 119 cm³/mol. The standard InChI is InChI=1S/C23H20N6O2/c1-12-7-4-5-10-16(12)29-18(26-15-9-6-8-13(2)19(15)23(29)31)11-17-27-20-21(28-17)24-14(3)25-22(20)30/h4-10H,11H2,1-3H3,(H2,24,25,27,28,30). The second-order valence-corrected chi connectivity index (χ2v) is 7.63. The number of para-hydroxylation sites is 1. The third-order valence-electron chi connectivity index (χ3n) is 5.39. The van der Waals surface area contributed by atoms with E-state index < -0.39 is 0 Å². The van der Waals surface area contributed by atoms with Crippen molar-refractivity contribution < 1.29 is 0 Å². The van der Waals surface area contributed by atoms with Gasteiger partial charge in [0, 0.05) is 0 Å². The van der Waals surface area contributed by atoms with E-state index in [-0.39, 0.29) is 17.5 Å². The number of benzene rings is 2. The van der Waals surface area contributed by atoms with Crippen LogP contribution in [0.1, 0.15) is 28.6 Å². The molecule has 0 saturated heterocycles. The van der Waals surface area contributed by atoms with Crippen LogP contribution in [0.4, 0.5) is 0 Å². The molecule has 3 aromatic heterocycles. The van der Waals surface area contributed by atoms with Crippen LogP contribution in [-0.2, 0) is 6.42 Å². The third kappa shape index (κ3) is 3.13. The van der Waals surface area contributed by atoms with Gasteiger partial charge in [-0.05, 0) is 44.0 Å². The first-order chi connectivity index (χ1) is 14.9. The molecule has 0 aliphatic rings. The van der Waals surface area contributed by atoms with Crippen molar-refractivity contribution in [3.8, 4) is 5.69 Å². The average Bonchev–Trinajstić information content (AvgIpc) is 3.12. The number of H-pyrrole nitrogens is 2.